The molecule has 0 aromatic heterocycles. The van der Waals surface area contributed by atoms with E-state index >= 15 is 0 Å². The molecule has 2 aromatic rings. The van der Waals surface area contributed by atoms with Crippen molar-refractivity contribution >= 4 is 29.2 Å². The molecule has 0 unspecified atom stereocenters. The molecule has 4 rings (SSSR count). The number of ether oxygens (including phenoxy) is 2. The average molecular weight is 452 g/mol. The molecule has 2 aliphatic rings. The smallest absolute Gasteiger partial charge is 0.326 e. The van der Waals surface area contributed by atoms with Crippen LogP contribution in [0.15, 0.2) is 48.5 Å². The minimum atomic E-state index is -1.34. The fourth-order valence-electron chi connectivity index (χ4n) is 4.88. The maximum atomic E-state index is 13.7. The van der Waals surface area contributed by atoms with Gasteiger partial charge in [-0.05, 0) is 43.7 Å². The first-order valence-electron chi connectivity index (χ1n) is 11.0. The third-order valence-electron chi connectivity index (χ3n) is 6.57. The second kappa shape index (κ2) is 8.51. The second-order valence-corrected chi connectivity index (χ2v) is 8.75. The highest BCUT2D eigenvalue weighted by Gasteiger charge is 2.67. The van der Waals surface area contributed by atoms with Gasteiger partial charge in [0.05, 0.1) is 31.2 Å². The van der Waals surface area contributed by atoms with Crippen molar-refractivity contribution < 1.29 is 23.9 Å². The molecular weight excluding hydrogens is 422 g/mol. The van der Waals surface area contributed by atoms with Crippen molar-refractivity contribution in [1.82, 2.24) is 5.32 Å². The normalized spacial score (nSPS) is 26.3. The van der Waals surface area contributed by atoms with Gasteiger partial charge in [-0.25, -0.2) is 4.90 Å². The number of hydrogen-bond donors (Lipinski definition) is 1. The van der Waals surface area contributed by atoms with Gasteiger partial charge in [-0.15, -0.1) is 0 Å². The Bertz CT molecular complexity index is 1080. The van der Waals surface area contributed by atoms with Gasteiger partial charge in [-0.1, -0.05) is 18.2 Å². The molecule has 0 aliphatic carbocycles. The third-order valence-corrected chi connectivity index (χ3v) is 6.57. The summed E-state index contributed by atoms with van der Waals surface area (Å²) in [7, 11) is 5.42. The summed E-state index contributed by atoms with van der Waals surface area (Å²) < 4.78 is 10.6. The Morgan fingerprint density at radius 1 is 1.12 bits per heavy atom. The van der Waals surface area contributed by atoms with Crippen LogP contribution in [0.5, 0.6) is 5.75 Å². The Labute approximate surface area is 193 Å². The van der Waals surface area contributed by atoms with Gasteiger partial charge in [0.1, 0.15) is 11.3 Å². The first-order valence-corrected chi connectivity index (χ1v) is 11.0. The number of rotatable bonds is 6. The zero-order valence-corrected chi connectivity index (χ0v) is 19.5. The zero-order chi connectivity index (χ0) is 23.9. The maximum Gasteiger partial charge on any atom is 0.326 e. The molecule has 2 aromatic carbocycles. The van der Waals surface area contributed by atoms with E-state index in [0.29, 0.717) is 11.4 Å². The Hall–Kier alpha value is -3.39. The van der Waals surface area contributed by atoms with Crippen LogP contribution in [0.1, 0.15) is 25.5 Å². The molecule has 33 heavy (non-hydrogen) atoms. The number of hydrogen-bond acceptors (Lipinski definition) is 7. The number of benzene rings is 2. The molecule has 2 fully saturated rings. The van der Waals surface area contributed by atoms with Crippen LogP contribution < -0.4 is 19.9 Å². The van der Waals surface area contributed by atoms with Gasteiger partial charge in [-0.3, -0.25) is 19.7 Å². The van der Waals surface area contributed by atoms with Gasteiger partial charge >= 0.3 is 5.97 Å². The number of carbonyl (C=O) groups is 3. The quantitative estimate of drug-likeness (QED) is 0.533. The lowest BCUT2D eigenvalue weighted by molar-refractivity contribution is -0.153. The fourth-order valence-corrected chi connectivity index (χ4v) is 4.88. The largest absolute Gasteiger partial charge is 0.497 e. The van der Waals surface area contributed by atoms with Crippen LogP contribution in [-0.4, -0.2) is 51.1 Å². The standard InChI is InChI=1S/C25H29N3O5/c1-6-33-24(31)25(2)20-19(21(26-25)15-10-12-16(13-11-15)27(3)4)22(29)28(23(20)30)17-8-7-9-18(14-17)32-5/h7-14,19-21,26H,6H2,1-5H3/t19-,20+,21+,25+/m0/s1. The van der Waals surface area contributed by atoms with Gasteiger partial charge in [0.2, 0.25) is 11.8 Å². The van der Waals surface area contributed by atoms with Crippen LogP contribution in [0, 0.1) is 11.8 Å². The summed E-state index contributed by atoms with van der Waals surface area (Å²) >= 11 is 0. The van der Waals surface area contributed by atoms with Crippen LogP contribution in [0.3, 0.4) is 0 Å². The molecule has 2 saturated heterocycles. The van der Waals surface area contributed by atoms with Crippen LogP contribution in [0.4, 0.5) is 11.4 Å². The SMILES string of the molecule is CCOC(=O)[C@]1(C)N[C@H](c2ccc(N(C)C)cc2)[C@H]2C(=O)N(c3cccc(OC)c3)C(=O)[C@@H]21. The highest BCUT2D eigenvalue weighted by atomic mass is 16.5. The van der Waals surface area contributed by atoms with Crippen molar-refractivity contribution in [1.29, 1.82) is 0 Å². The van der Waals surface area contributed by atoms with Crippen molar-refractivity contribution in [2.24, 2.45) is 11.8 Å². The van der Waals surface area contributed by atoms with E-state index < -0.39 is 35.3 Å². The lowest BCUT2D eigenvalue weighted by Crippen LogP contribution is -2.54. The number of nitrogens with one attached hydrogen (secondary N) is 1. The van der Waals surface area contributed by atoms with Gasteiger partial charge in [0.25, 0.3) is 0 Å². The van der Waals surface area contributed by atoms with E-state index in [4.69, 9.17) is 9.47 Å². The van der Waals surface area contributed by atoms with Crippen LogP contribution in [0.25, 0.3) is 0 Å². The van der Waals surface area contributed by atoms with E-state index in [0.717, 1.165) is 11.3 Å². The Kier molecular flexibility index (Phi) is 5.88. The van der Waals surface area contributed by atoms with Gasteiger partial charge in [0, 0.05) is 31.9 Å². The Morgan fingerprint density at radius 2 is 1.82 bits per heavy atom. The fraction of sp³-hybridized carbons (Fsp3) is 0.400. The molecule has 0 spiro atoms. The number of anilines is 2. The van der Waals surface area contributed by atoms with E-state index in [9.17, 15) is 14.4 Å². The van der Waals surface area contributed by atoms with Crippen LogP contribution in [-0.2, 0) is 19.1 Å². The average Bonchev–Trinajstić information content (AvgIpc) is 3.27. The molecule has 8 nitrogen and oxygen atoms in total. The van der Waals surface area contributed by atoms with E-state index in [1.54, 1.807) is 38.1 Å². The Balaban J connectivity index is 1.79. The Morgan fingerprint density at radius 3 is 2.42 bits per heavy atom. The summed E-state index contributed by atoms with van der Waals surface area (Å²) in [6, 6.07) is 14.0. The lowest BCUT2D eigenvalue weighted by atomic mass is 9.80. The molecule has 0 radical (unpaired) electrons. The molecule has 2 heterocycles. The topological polar surface area (TPSA) is 88.2 Å². The van der Waals surface area contributed by atoms with Gasteiger partial charge in [-0.2, -0.15) is 0 Å². The molecule has 8 heteroatoms. The highest BCUT2D eigenvalue weighted by Crippen LogP contribution is 2.50. The third kappa shape index (κ3) is 3.64. The molecule has 2 aliphatic heterocycles. The lowest BCUT2D eigenvalue weighted by Gasteiger charge is -2.29. The minimum absolute atomic E-state index is 0.178. The van der Waals surface area contributed by atoms with Gasteiger partial charge < -0.3 is 14.4 Å². The molecule has 174 valence electrons. The van der Waals surface area contributed by atoms with Gasteiger partial charge in [0.15, 0.2) is 0 Å². The molecule has 4 atom stereocenters. The first-order chi connectivity index (χ1) is 15.7. The number of amides is 2. The van der Waals surface area contributed by atoms with Crippen molar-refractivity contribution in [2.75, 3.05) is 37.6 Å². The molecular formula is C25H29N3O5. The van der Waals surface area contributed by atoms with Crippen molar-refractivity contribution in [3.8, 4) is 5.75 Å². The van der Waals surface area contributed by atoms with Crippen molar-refractivity contribution in [2.45, 2.75) is 25.4 Å². The number of nitrogens with zero attached hydrogens (tertiary/aromatic N) is 2. The van der Waals surface area contributed by atoms with Crippen molar-refractivity contribution in [3.05, 3.63) is 54.1 Å². The summed E-state index contributed by atoms with van der Waals surface area (Å²) in [6.45, 7) is 3.55. The minimum Gasteiger partial charge on any atom is -0.497 e. The van der Waals surface area contributed by atoms with E-state index in [1.807, 2.05) is 43.3 Å². The molecule has 2 amide bonds. The predicted octanol–water partition coefficient (Wildman–Crippen LogP) is 2.53. The monoisotopic (exact) mass is 451 g/mol. The summed E-state index contributed by atoms with van der Waals surface area (Å²) in [4.78, 5) is 43.5. The number of imide groups is 1. The zero-order valence-electron chi connectivity index (χ0n) is 19.5. The molecule has 0 bridgehead atoms. The highest BCUT2D eigenvalue weighted by molar-refractivity contribution is 6.24. The van der Waals surface area contributed by atoms with Crippen LogP contribution >= 0.6 is 0 Å². The molecule has 0 saturated carbocycles. The number of methoxy groups -OCH3 is 1. The van der Waals surface area contributed by atoms with Crippen LogP contribution in [0.2, 0.25) is 0 Å². The summed E-state index contributed by atoms with van der Waals surface area (Å²) in [6.07, 6.45) is 0. The second-order valence-electron chi connectivity index (χ2n) is 8.75. The van der Waals surface area contributed by atoms with E-state index in [2.05, 4.69) is 5.32 Å². The number of carbonyl (C=O) groups excluding carboxylic acids is 3. The predicted molar refractivity (Wildman–Crippen MR) is 124 cm³/mol. The maximum absolute atomic E-state index is 13.7. The number of esters is 1. The molecule has 1 N–H and O–H groups in total. The van der Waals surface area contributed by atoms with E-state index in [1.165, 1.54) is 12.0 Å². The summed E-state index contributed by atoms with van der Waals surface area (Å²) in [5.74, 6) is -2.42. The van der Waals surface area contributed by atoms with Crippen molar-refractivity contribution in [3.63, 3.8) is 0 Å². The van der Waals surface area contributed by atoms with E-state index in [-0.39, 0.29) is 12.5 Å². The summed E-state index contributed by atoms with van der Waals surface area (Å²) in [5.41, 5.74) is 0.920. The number of fused-ring (bicyclic) bond motifs is 1. The summed E-state index contributed by atoms with van der Waals surface area (Å²) in [5, 5.41) is 3.29. The first kappa shape index (κ1) is 22.8.